The van der Waals surface area contributed by atoms with E-state index < -0.39 is 12.1 Å². The molecule has 2 N–H and O–H groups in total. The number of rotatable bonds is 6. The molecule has 208 valence electrons. The highest BCUT2D eigenvalue weighted by Gasteiger charge is 2.45. The minimum Gasteiger partial charge on any atom is -0.364 e. The van der Waals surface area contributed by atoms with Gasteiger partial charge >= 0.3 is 0 Å². The fourth-order valence-corrected chi connectivity index (χ4v) is 6.00. The monoisotopic (exact) mass is 544 g/mol. The average Bonchev–Trinajstić information content (AvgIpc) is 3.37. The number of likely N-dealkylation sites (tertiary alicyclic amines) is 1. The number of aliphatic hydroxyl groups excluding tert-OH is 1. The zero-order valence-electron chi connectivity index (χ0n) is 22.8. The van der Waals surface area contributed by atoms with Crippen molar-refractivity contribution in [2.45, 2.75) is 51.2 Å². The molecule has 1 amide bonds. The van der Waals surface area contributed by atoms with Crippen molar-refractivity contribution in [2.75, 3.05) is 13.1 Å². The normalized spacial score (nSPS) is 20.2. The quantitative estimate of drug-likeness (QED) is 0.350. The van der Waals surface area contributed by atoms with Crippen LogP contribution in [-0.2, 0) is 7.05 Å². The first-order chi connectivity index (χ1) is 19.1. The third-order valence-electron chi connectivity index (χ3n) is 8.07. The molecule has 1 saturated heterocycles. The average molecular weight is 545 g/mol. The van der Waals surface area contributed by atoms with Gasteiger partial charge in [-0.2, -0.15) is 5.10 Å². The summed E-state index contributed by atoms with van der Waals surface area (Å²) in [6.07, 6.45) is 4.35. The maximum atomic E-state index is 15.9. The van der Waals surface area contributed by atoms with E-state index in [0.29, 0.717) is 41.2 Å². The van der Waals surface area contributed by atoms with E-state index in [2.05, 4.69) is 29.3 Å². The number of aliphatic hydroxyl groups is 2. The summed E-state index contributed by atoms with van der Waals surface area (Å²) in [6, 6.07) is 12.2. The second kappa shape index (κ2) is 9.94. The van der Waals surface area contributed by atoms with Crippen LogP contribution in [0.4, 0.5) is 4.39 Å². The Bertz CT molecular complexity index is 1580. The highest BCUT2D eigenvalue weighted by Crippen LogP contribution is 2.55. The number of amides is 1. The zero-order chi connectivity index (χ0) is 28.2. The molecule has 0 radical (unpaired) electrons. The van der Waals surface area contributed by atoms with Crippen LogP contribution in [0.3, 0.4) is 0 Å². The van der Waals surface area contributed by atoms with E-state index in [1.807, 2.05) is 19.3 Å². The Balaban J connectivity index is 1.34. The van der Waals surface area contributed by atoms with E-state index >= 15 is 4.39 Å². The van der Waals surface area contributed by atoms with Crippen molar-refractivity contribution in [3.8, 4) is 16.8 Å². The number of benzene rings is 2. The van der Waals surface area contributed by atoms with Gasteiger partial charge in [0.2, 0.25) is 0 Å². The van der Waals surface area contributed by atoms with Crippen LogP contribution >= 0.6 is 0 Å². The van der Waals surface area contributed by atoms with Crippen LogP contribution in [0.1, 0.15) is 78.5 Å². The lowest BCUT2D eigenvalue weighted by Crippen LogP contribution is -2.43. The standard InChI is InChI=1S/C30H33FN6O3/c1-30(2)11-6-12-36(17-30)28(38)21-10-5-9-20(26(21)31)18-7-4-8-19(13-18)37-27(24(15-32-37)29(39)40)23-14-22(23)25-16-35(3)34-33-25/h4-5,7-10,13,15-16,22-23,29,39-40H,6,11-12,14,17H2,1-3H3/t22-,23-/m0/s1. The van der Waals surface area contributed by atoms with Gasteiger partial charge in [0, 0.05) is 49.3 Å². The van der Waals surface area contributed by atoms with Gasteiger partial charge in [-0.3, -0.25) is 9.48 Å². The summed E-state index contributed by atoms with van der Waals surface area (Å²) < 4.78 is 19.2. The lowest BCUT2D eigenvalue weighted by atomic mass is 9.84. The van der Waals surface area contributed by atoms with E-state index in [1.54, 1.807) is 50.7 Å². The van der Waals surface area contributed by atoms with Gasteiger partial charge in [0.15, 0.2) is 6.29 Å². The molecule has 1 saturated carbocycles. The summed E-state index contributed by atoms with van der Waals surface area (Å²) in [5, 5.41) is 32.9. The number of aromatic nitrogens is 5. The van der Waals surface area contributed by atoms with Gasteiger partial charge in [-0.25, -0.2) is 9.07 Å². The molecule has 3 heterocycles. The summed E-state index contributed by atoms with van der Waals surface area (Å²) in [5.41, 5.74) is 3.49. The maximum Gasteiger partial charge on any atom is 0.256 e. The van der Waals surface area contributed by atoms with Gasteiger partial charge in [-0.15, -0.1) is 5.10 Å². The molecular weight excluding hydrogens is 511 g/mol. The Hall–Kier alpha value is -3.89. The van der Waals surface area contributed by atoms with Crippen LogP contribution in [0, 0.1) is 11.2 Å². The Morgan fingerprint density at radius 1 is 1.15 bits per heavy atom. The number of hydrogen-bond donors (Lipinski definition) is 2. The number of carbonyl (C=O) groups is 1. The number of carbonyl (C=O) groups excluding carboxylic acids is 1. The van der Waals surface area contributed by atoms with E-state index in [9.17, 15) is 15.0 Å². The molecule has 40 heavy (non-hydrogen) atoms. The Morgan fingerprint density at radius 2 is 1.95 bits per heavy atom. The number of hydrogen-bond acceptors (Lipinski definition) is 6. The van der Waals surface area contributed by atoms with Gasteiger partial charge in [0.05, 0.1) is 28.8 Å². The van der Waals surface area contributed by atoms with Gasteiger partial charge in [-0.05, 0) is 48.4 Å². The Labute approximate surface area is 231 Å². The number of nitrogens with zero attached hydrogens (tertiary/aromatic N) is 6. The van der Waals surface area contributed by atoms with E-state index in [4.69, 9.17) is 0 Å². The first kappa shape index (κ1) is 26.3. The largest absolute Gasteiger partial charge is 0.364 e. The van der Waals surface area contributed by atoms with E-state index in [0.717, 1.165) is 25.0 Å². The maximum absolute atomic E-state index is 15.9. The highest BCUT2D eigenvalue weighted by atomic mass is 19.1. The molecule has 2 aliphatic rings. The first-order valence-corrected chi connectivity index (χ1v) is 13.6. The number of piperidine rings is 1. The summed E-state index contributed by atoms with van der Waals surface area (Å²) in [4.78, 5) is 15.1. The zero-order valence-corrected chi connectivity index (χ0v) is 22.8. The van der Waals surface area contributed by atoms with Gasteiger partial charge in [0.25, 0.3) is 5.91 Å². The van der Waals surface area contributed by atoms with Gasteiger partial charge < -0.3 is 15.1 Å². The van der Waals surface area contributed by atoms with Crippen molar-refractivity contribution in [3.63, 3.8) is 0 Å². The molecule has 1 aliphatic heterocycles. The van der Waals surface area contributed by atoms with Gasteiger partial charge in [-0.1, -0.05) is 43.3 Å². The third kappa shape index (κ3) is 4.82. The lowest BCUT2D eigenvalue weighted by Gasteiger charge is -2.38. The molecule has 0 spiro atoms. The molecule has 1 aliphatic carbocycles. The summed E-state index contributed by atoms with van der Waals surface area (Å²) >= 11 is 0. The SMILES string of the molecule is Cn1cc([C@H]2C[C@@H]2c2c(C(O)O)cnn2-c2cccc(-c3cccc(C(=O)N4CCCC(C)(C)C4)c3F)c2)nn1. The van der Waals surface area contributed by atoms with Crippen LogP contribution in [0.25, 0.3) is 16.8 Å². The number of halogens is 1. The molecule has 2 atom stereocenters. The molecule has 0 bridgehead atoms. The predicted octanol–water partition coefficient (Wildman–Crippen LogP) is 4.32. The van der Waals surface area contributed by atoms with Crippen LogP contribution in [0.15, 0.2) is 54.9 Å². The molecule has 2 aromatic carbocycles. The minimum absolute atomic E-state index is 0.00640. The molecule has 9 nitrogen and oxygen atoms in total. The molecule has 4 aromatic rings. The highest BCUT2D eigenvalue weighted by molar-refractivity contribution is 5.96. The second-order valence-corrected chi connectivity index (χ2v) is 11.7. The van der Waals surface area contributed by atoms with Gasteiger partial charge in [0.1, 0.15) is 5.82 Å². The Morgan fingerprint density at radius 3 is 2.67 bits per heavy atom. The minimum atomic E-state index is -1.69. The first-order valence-electron chi connectivity index (χ1n) is 13.6. The molecule has 2 aromatic heterocycles. The predicted molar refractivity (Wildman–Crippen MR) is 146 cm³/mol. The van der Waals surface area contributed by atoms with Crippen molar-refractivity contribution in [1.82, 2.24) is 29.7 Å². The topological polar surface area (TPSA) is 109 Å². The van der Waals surface area contributed by atoms with E-state index in [1.165, 1.54) is 6.20 Å². The van der Waals surface area contributed by atoms with Crippen LogP contribution in [0.5, 0.6) is 0 Å². The second-order valence-electron chi connectivity index (χ2n) is 11.7. The fraction of sp³-hybridized carbons (Fsp3) is 0.400. The molecule has 2 fully saturated rings. The molecule has 6 rings (SSSR count). The van der Waals surface area contributed by atoms with Crippen molar-refractivity contribution < 1.29 is 19.4 Å². The van der Waals surface area contributed by atoms with Crippen molar-refractivity contribution in [2.24, 2.45) is 12.5 Å². The summed E-state index contributed by atoms with van der Waals surface area (Å²) in [6.45, 7) is 5.49. The summed E-state index contributed by atoms with van der Waals surface area (Å²) in [7, 11) is 1.81. The van der Waals surface area contributed by atoms with E-state index in [-0.39, 0.29) is 28.7 Å². The Kier molecular flexibility index (Phi) is 6.54. The van der Waals surface area contributed by atoms with Crippen LogP contribution < -0.4 is 0 Å². The van der Waals surface area contributed by atoms with Crippen LogP contribution in [0.2, 0.25) is 0 Å². The van der Waals surface area contributed by atoms with Crippen LogP contribution in [-0.4, -0.2) is 58.9 Å². The number of aryl methyl sites for hydroxylation is 1. The lowest BCUT2D eigenvalue weighted by molar-refractivity contribution is -0.0431. The van der Waals surface area contributed by atoms with Crippen molar-refractivity contribution >= 4 is 5.91 Å². The fourth-order valence-electron chi connectivity index (χ4n) is 6.00. The third-order valence-corrected chi connectivity index (χ3v) is 8.07. The molecule has 0 unspecified atom stereocenters. The van der Waals surface area contributed by atoms with Crippen molar-refractivity contribution in [3.05, 3.63) is 83.2 Å². The van der Waals surface area contributed by atoms with Crippen molar-refractivity contribution in [1.29, 1.82) is 0 Å². The molecule has 10 heteroatoms. The molecular formula is C30H33FN6O3. The summed E-state index contributed by atoms with van der Waals surface area (Å²) in [5.74, 6) is -0.774. The smallest absolute Gasteiger partial charge is 0.256 e.